The zero-order valence-electron chi connectivity index (χ0n) is 11.8. The van der Waals surface area contributed by atoms with Crippen LogP contribution in [0.25, 0.3) is 0 Å². The molecule has 0 rings (SSSR count). The summed E-state index contributed by atoms with van der Waals surface area (Å²) in [4.78, 5) is 22.3. The highest BCUT2D eigenvalue weighted by atomic mass is 32.3. The largest absolute Gasteiger partial charge is 0.465 e. The normalized spacial score (nSPS) is 12.8. The molecule has 0 saturated heterocycles. The maximum absolute atomic E-state index is 11.4. The number of carbonyl (C=O) groups is 2. The SMILES string of the molecule is CCCCC(CC)COC(=O)CCC(=O)OS(=O)(=O)O. The first-order chi connectivity index (χ1) is 9.28. The highest BCUT2D eigenvalue weighted by Gasteiger charge is 2.16. The van der Waals surface area contributed by atoms with Crippen LogP contribution in [0.3, 0.4) is 0 Å². The molecule has 1 unspecified atom stereocenters. The van der Waals surface area contributed by atoms with Crippen LogP contribution in [0.1, 0.15) is 52.4 Å². The first-order valence-electron chi connectivity index (χ1n) is 6.63. The first-order valence-corrected chi connectivity index (χ1v) is 8.00. The van der Waals surface area contributed by atoms with Crippen LogP contribution in [0.2, 0.25) is 0 Å². The number of ether oxygens (including phenoxy) is 1. The maximum atomic E-state index is 11.4. The molecule has 8 heteroatoms. The van der Waals surface area contributed by atoms with Crippen LogP contribution in [0, 0.1) is 5.92 Å². The lowest BCUT2D eigenvalue weighted by Gasteiger charge is -2.14. The van der Waals surface area contributed by atoms with Crippen molar-refractivity contribution in [2.24, 2.45) is 5.92 Å². The molecule has 0 spiro atoms. The molecule has 1 atom stereocenters. The number of carbonyl (C=O) groups excluding carboxylic acids is 2. The smallest absolute Gasteiger partial charge is 0.448 e. The Balaban J connectivity index is 3.91. The predicted octanol–water partition coefficient (Wildman–Crippen LogP) is 1.87. The summed E-state index contributed by atoms with van der Waals surface area (Å²) in [5.41, 5.74) is 0. The van der Waals surface area contributed by atoms with Gasteiger partial charge in [-0.3, -0.25) is 14.1 Å². The van der Waals surface area contributed by atoms with Crippen LogP contribution in [0.4, 0.5) is 0 Å². The Morgan fingerprint density at radius 2 is 1.75 bits per heavy atom. The molecule has 0 aromatic heterocycles. The van der Waals surface area contributed by atoms with Gasteiger partial charge in [-0.15, -0.1) is 0 Å². The molecular weight excluding hydrogens is 288 g/mol. The maximum Gasteiger partial charge on any atom is 0.448 e. The minimum Gasteiger partial charge on any atom is -0.465 e. The summed E-state index contributed by atoms with van der Waals surface area (Å²) in [5, 5.41) is 0. The minimum absolute atomic E-state index is 0.279. The molecule has 20 heavy (non-hydrogen) atoms. The van der Waals surface area contributed by atoms with E-state index in [2.05, 4.69) is 11.1 Å². The van der Waals surface area contributed by atoms with Crippen molar-refractivity contribution in [2.75, 3.05) is 6.61 Å². The second kappa shape index (κ2) is 9.71. The molecule has 0 fully saturated rings. The van der Waals surface area contributed by atoms with Crippen LogP contribution in [-0.4, -0.2) is 31.5 Å². The summed E-state index contributed by atoms with van der Waals surface area (Å²) in [5.74, 6) is -1.49. The van der Waals surface area contributed by atoms with Crippen LogP contribution < -0.4 is 0 Å². The highest BCUT2D eigenvalue weighted by Crippen LogP contribution is 2.13. The van der Waals surface area contributed by atoms with Gasteiger partial charge in [-0.05, 0) is 12.3 Å². The molecule has 0 aromatic carbocycles. The number of rotatable bonds is 10. The lowest BCUT2D eigenvalue weighted by molar-refractivity contribution is -0.148. The third-order valence-corrected chi connectivity index (χ3v) is 3.15. The van der Waals surface area contributed by atoms with E-state index in [-0.39, 0.29) is 6.42 Å². The van der Waals surface area contributed by atoms with Gasteiger partial charge in [-0.1, -0.05) is 33.1 Å². The molecule has 7 nitrogen and oxygen atoms in total. The molecule has 1 N–H and O–H groups in total. The molecule has 0 aromatic rings. The average molecular weight is 310 g/mol. The average Bonchev–Trinajstić information content (AvgIpc) is 2.34. The van der Waals surface area contributed by atoms with E-state index < -0.39 is 28.8 Å². The van der Waals surface area contributed by atoms with E-state index in [1.54, 1.807) is 0 Å². The van der Waals surface area contributed by atoms with Crippen molar-refractivity contribution in [1.82, 2.24) is 0 Å². The molecular formula is C12H22O7S. The third-order valence-electron chi connectivity index (χ3n) is 2.75. The van der Waals surface area contributed by atoms with Crippen LogP contribution >= 0.6 is 0 Å². The van der Waals surface area contributed by atoms with Gasteiger partial charge in [0.15, 0.2) is 0 Å². The lowest BCUT2D eigenvalue weighted by Crippen LogP contribution is -2.16. The number of hydrogen-bond donors (Lipinski definition) is 1. The van der Waals surface area contributed by atoms with Crippen molar-refractivity contribution < 1.29 is 31.5 Å². The topological polar surface area (TPSA) is 107 Å². The Kier molecular flexibility index (Phi) is 9.15. The molecule has 0 radical (unpaired) electrons. The lowest BCUT2D eigenvalue weighted by atomic mass is 10.0. The summed E-state index contributed by atoms with van der Waals surface area (Å²) < 4.78 is 37.4. The van der Waals surface area contributed by atoms with Crippen molar-refractivity contribution in [1.29, 1.82) is 0 Å². The molecule has 0 aliphatic rings. The number of unbranched alkanes of at least 4 members (excludes halogenated alkanes) is 1. The highest BCUT2D eigenvalue weighted by molar-refractivity contribution is 7.81. The summed E-state index contributed by atoms with van der Waals surface area (Å²) in [7, 11) is -4.81. The van der Waals surface area contributed by atoms with Gasteiger partial charge in [0.05, 0.1) is 19.4 Å². The van der Waals surface area contributed by atoms with Crippen molar-refractivity contribution in [3.63, 3.8) is 0 Å². The van der Waals surface area contributed by atoms with E-state index in [1.165, 1.54) is 0 Å². The van der Waals surface area contributed by atoms with Crippen molar-refractivity contribution >= 4 is 22.3 Å². The molecule has 0 aliphatic carbocycles. The van der Waals surface area contributed by atoms with Gasteiger partial charge in [0, 0.05) is 0 Å². The summed E-state index contributed by atoms with van der Waals surface area (Å²) in [6.45, 7) is 4.39. The van der Waals surface area contributed by atoms with E-state index in [4.69, 9.17) is 9.29 Å². The van der Waals surface area contributed by atoms with Gasteiger partial charge in [0.25, 0.3) is 0 Å². The monoisotopic (exact) mass is 310 g/mol. The fourth-order valence-corrected chi connectivity index (χ4v) is 1.86. The van der Waals surface area contributed by atoms with E-state index in [0.717, 1.165) is 25.7 Å². The van der Waals surface area contributed by atoms with Gasteiger partial charge >= 0.3 is 22.3 Å². The standard InChI is InChI=1S/C12H22O7S/c1-3-5-6-10(4-2)9-18-11(13)7-8-12(14)19-20(15,16)17/h10H,3-9H2,1-2H3,(H,15,16,17). The van der Waals surface area contributed by atoms with Gasteiger partial charge in [0.2, 0.25) is 0 Å². The van der Waals surface area contributed by atoms with Crippen LogP contribution in [-0.2, 0) is 28.9 Å². The summed E-state index contributed by atoms with van der Waals surface area (Å²) in [6, 6.07) is 0. The Bertz CT molecular complexity index is 402. The Hall–Kier alpha value is -1.15. The number of esters is 1. The molecule has 0 heterocycles. The fourth-order valence-electron chi connectivity index (χ4n) is 1.54. The van der Waals surface area contributed by atoms with E-state index in [0.29, 0.717) is 12.5 Å². The van der Waals surface area contributed by atoms with E-state index in [1.807, 2.05) is 6.92 Å². The first kappa shape index (κ1) is 18.9. The van der Waals surface area contributed by atoms with Crippen molar-refractivity contribution in [2.45, 2.75) is 52.4 Å². The van der Waals surface area contributed by atoms with E-state index >= 15 is 0 Å². The Labute approximate surface area is 119 Å². The van der Waals surface area contributed by atoms with Crippen molar-refractivity contribution in [3.05, 3.63) is 0 Å². The zero-order valence-corrected chi connectivity index (χ0v) is 12.6. The van der Waals surface area contributed by atoms with Gasteiger partial charge in [0.1, 0.15) is 0 Å². The molecule has 0 bridgehead atoms. The second-order valence-corrected chi connectivity index (χ2v) is 5.50. The second-order valence-electron chi connectivity index (χ2n) is 4.48. The Morgan fingerprint density at radius 1 is 1.15 bits per heavy atom. The quantitative estimate of drug-likeness (QED) is 0.485. The molecule has 0 aliphatic heterocycles. The molecule has 0 saturated carbocycles. The predicted molar refractivity (Wildman–Crippen MR) is 71.1 cm³/mol. The molecule has 0 amide bonds. The minimum atomic E-state index is -4.81. The van der Waals surface area contributed by atoms with Gasteiger partial charge < -0.3 is 8.92 Å². The zero-order chi connectivity index (χ0) is 15.6. The third kappa shape index (κ3) is 10.7. The van der Waals surface area contributed by atoms with Gasteiger partial charge in [-0.2, -0.15) is 8.42 Å². The molecule has 118 valence electrons. The van der Waals surface area contributed by atoms with Crippen LogP contribution in [0.15, 0.2) is 0 Å². The Morgan fingerprint density at radius 3 is 2.25 bits per heavy atom. The van der Waals surface area contributed by atoms with Crippen molar-refractivity contribution in [3.8, 4) is 0 Å². The summed E-state index contributed by atoms with van der Waals surface area (Å²) in [6.07, 6.45) is 3.29. The van der Waals surface area contributed by atoms with Gasteiger partial charge in [-0.25, -0.2) is 0 Å². The summed E-state index contributed by atoms with van der Waals surface area (Å²) >= 11 is 0. The van der Waals surface area contributed by atoms with E-state index in [9.17, 15) is 18.0 Å². The fraction of sp³-hybridized carbons (Fsp3) is 0.833. The number of hydrogen-bond acceptors (Lipinski definition) is 6. The van der Waals surface area contributed by atoms with Crippen LogP contribution in [0.5, 0.6) is 0 Å².